The third-order valence-electron chi connectivity index (χ3n) is 13.1. The van der Waals surface area contributed by atoms with E-state index < -0.39 is 186 Å². The minimum absolute atomic E-state index is 0.148. The molecule has 72 heavy (non-hydrogen) atoms. The Hall–Kier alpha value is -2.51. The highest BCUT2D eigenvalue weighted by atomic mass is 16.8. The number of hydrogen-bond acceptors (Lipinski definition) is 27. The Morgan fingerprint density at radius 1 is 0.583 bits per heavy atom. The highest BCUT2D eigenvalue weighted by Crippen LogP contribution is 2.37. The predicted octanol–water partition coefficient (Wildman–Crippen LogP) is -8.15. The van der Waals surface area contributed by atoms with Crippen molar-refractivity contribution < 1.29 is 128 Å². The van der Waals surface area contributed by atoms with Crippen molar-refractivity contribution in [1.82, 2.24) is 5.32 Å². The van der Waals surface area contributed by atoms with E-state index in [9.17, 15) is 76.3 Å². The molecule has 5 aliphatic rings. The largest absolute Gasteiger partial charge is 0.490 e. The van der Waals surface area contributed by atoms with Gasteiger partial charge < -0.3 is 135 Å². The van der Waals surface area contributed by atoms with E-state index in [1.54, 1.807) is 30.3 Å². The Bertz CT molecular complexity index is 1760. The zero-order valence-corrected chi connectivity index (χ0v) is 39.4. The van der Waals surface area contributed by atoms with E-state index in [2.05, 4.69) is 5.32 Å². The molecule has 15 unspecified atom stereocenters. The summed E-state index contributed by atoms with van der Waals surface area (Å²) < 4.78 is 64.6. The molecule has 414 valence electrons. The zero-order valence-electron chi connectivity index (χ0n) is 39.4. The van der Waals surface area contributed by atoms with Crippen molar-refractivity contribution in [2.24, 2.45) is 5.73 Å². The first-order valence-electron chi connectivity index (χ1n) is 23.8. The number of rotatable bonds is 23. The van der Waals surface area contributed by atoms with Gasteiger partial charge in [0.25, 0.3) is 0 Å². The zero-order chi connectivity index (χ0) is 52.4. The Morgan fingerprint density at radius 2 is 1.14 bits per heavy atom. The molecule has 6 rings (SSSR count). The van der Waals surface area contributed by atoms with Crippen LogP contribution in [0, 0.1) is 0 Å². The van der Waals surface area contributed by atoms with Gasteiger partial charge in [-0.25, -0.2) is 0 Å². The molecule has 28 nitrogen and oxygen atoms in total. The van der Waals surface area contributed by atoms with Crippen LogP contribution in [0.25, 0.3) is 0 Å². The van der Waals surface area contributed by atoms with Crippen LogP contribution >= 0.6 is 0 Å². The maximum atomic E-state index is 12.6. The summed E-state index contributed by atoms with van der Waals surface area (Å²) in [4.78, 5) is 12.6. The fourth-order valence-corrected chi connectivity index (χ4v) is 9.06. The molecule has 1 amide bonds. The minimum Gasteiger partial charge on any atom is -0.490 e. The van der Waals surface area contributed by atoms with Crippen molar-refractivity contribution in [2.45, 2.75) is 179 Å². The molecule has 5 aliphatic heterocycles. The monoisotopic (exact) mass is 1040 g/mol. The predicted molar refractivity (Wildman–Crippen MR) is 234 cm³/mol. The number of nitrogens with one attached hydrogen (secondary N) is 1. The summed E-state index contributed by atoms with van der Waals surface area (Å²) in [5, 5.41) is 154. The molecule has 0 aromatic heterocycles. The van der Waals surface area contributed by atoms with Crippen molar-refractivity contribution >= 4 is 5.91 Å². The summed E-state index contributed by atoms with van der Waals surface area (Å²) in [6.45, 7) is -2.78. The highest BCUT2D eigenvalue weighted by molar-refractivity contribution is 5.73. The lowest BCUT2D eigenvalue weighted by Gasteiger charge is -2.50. The van der Waals surface area contributed by atoms with Gasteiger partial charge in [-0.3, -0.25) is 4.79 Å². The summed E-state index contributed by atoms with van der Waals surface area (Å²) in [5.41, 5.74) is 4.01. The molecule has 17 N–H and O–H groups in total. The fourth-order valence-electron chi connectivity index (χ4n) is 9.06. The minimum atomic E-state index is -2.13. The van der Waals surface area contributed by atoms with Gasteiger partial charge in [0.2, 0.25) is 5.91 Å². The van der Waals surface area contributed by atoms with E-state index >= 15 is 0 Å². The molecule has 5 saturated heterocycles. The number of benzene rings is 1. The topological polar surface area (TPSA) is 440 Å². The van der Waals surface area contributed by atoms with Crippen LogP contribution in [0.4, 0.5) is 0 Å². The lowest BCUT2D eigenvalue weighted by molar-refractivity contribution is -0.383. The lowest BCUT2D eigenvalue weighted by atomic mass is 9.91. The molecular weight excluding hydrogens is 972 g/mol. The molecule has 1 aromatic rings. The smallest absolute Gasteiger partial charge is 0.217 e. The molecule has 24 atom stereocenters. The van der Waals surface area contributed by atoms with E-state index in [4.69, 9.17) is 57.8 Å². The van der Waals surface area contributed by atoms with Crippen LogP contribution in [-0.2, 0) is 52.2 Å². The fraction of sp³-hybridized carbons (Fsp3) is 0.841. The quantitative estimate of drug-likeness (QED) is 0.0453. The number of para-hydroxylation sites is 1. The van der Waals surface area contributed by atoms with E-state index in [-0.39, 0.29) is 19.6 Å². The van der Waals surface area contributed by atoms with Crippen LogP contribution in [0.1, 0.15) is 32.6 Å². The lowest BCUT2D eigenvalue weighted by Crippen LogP contribution is -2.70. The Balaban J connectivity index is 1.17. The molecule has 1 aromatic carbocycles. The molecule has 5 heterocycles. The van der Waals surface area contributed by atoms with Gasteiger partial charge in [0, 0.05) is 20.0 Å². The molecule has 0 bridgehead atoms. The van der Waals surface area contributed by atoms with E-state index in [0.717, 1.165) is 19.8 Å². The van der Waals surface area contributed by atoms with E-state index in [1.165, 1.54) is 0 Å². The number of aliphatic hydroxyl groups is 14. The number of aliphatic hydroxyl groups excluding tert-OH is 14. The third kappa shape index (κ3) is 13.9. The number of nitrogens with two attached hydrogens (primary N) is 1. The van der Waals surface area contributed by atoms with Gasteiger partial charge in [0.05, 0.1) is 39.1 Å². The summed E-state index contributed by atoms with van der Waals surface area (Å²) in [6.07, 6.45) is -37.3. The number of hydrogen-bond donors (Lipinski definition) is 16. The Labute approximate surface area is 413 Å². The number of unbranched alkanes of at least 4 members (excludes halogenated alkanes) is 2. The summed E-state index contributed by atoms with van der Waals surface area (Å²) in [6, 6.07) is 6.89. The Kier molecular flexibility index (Phi) is 22.0. The maximum absolute atomic E-state index is 12.6. The van der Waals surface area contributed by atoms with Crippen molar-refractivity contribution in [3.8, 4) is 5.75 Å². The molecular formula is C44H72N2O26. The van der Waals surface area contributed by atoms with Crippen LogP contribution in [0.2, 0.25) is 0 Å². The van der Waals surface area contributed by atoms with Crippen molar-refractivity contribution in [1.29, 1.82) is 0 Å². The first-order valence-corrected chi connectivity index (χ1v) is 23.8. The maximum Gasteiger partial charge on any atom is 0.217 e. The number of amides is 1. The standard InChI is InChI=1S/C44H72N2O26/c1-19(51)46-26-37(70-42-33(59)31(57)28(54)22(13-47)66-42)29(55)23(14-48)65-39(26)71-38-30(56)24(15-49)67-43(35(38)61)69-36-25(16-50)68-40(34(60)32(36)58)64-18-44(17-63-20-8-4-2-5-9-20)12-21(52)27(53)41(72-44)62-11-7-3-6-10-45/h2,4-5,8-9,21-43,47-50,52-61H,3,6-7,10-18,45H2,1H3,(H,46,51)/t21?,22?,23?,24?,25?,26?,27?,28-,29-,30-,31?,32?,33?,34?,35?,36-,37?,38?,39-,40+,41+,42-,43+,44?/m0/s1. The van der Waals surface area contributed by atoms with Gasteiger partial charge in [-0.2, -0.15) is 0 Å². The second-order valence-corrected chi connectivity index (χ2v) is 18.4. The number of ether oxygens (including phenoxy) is 11. The normalized spacial score (nSPS) is 43.8. The Morgan fingerprint density at radius 3 is 1.76 bits per heavy atom. The first-order chi connectivity index (χ1) is 34.4. The first kappa shape index (κ1) is 58.7. The van der Waals surface area contributed by atoms with Gasteiger partial charge in [-0.05, 0) is 37.9 Å². The van der Waals surface area contributed by atoms with Crippen molar-refractivity contribution in [2.75, 3.05) is 52.8 Å². The second-order valence-electron chi connectivity index (χ2n) is 18.4. The van der Waals surface area contributed by atoms with Crippen LogP contribution in [0.15, 0.2) is 30.3 Å². The average Bonchev–Trinajstić information content (AvgIpc) is 3.37. The third-order valence-corrected chi connectivity index (χ3v) is 13.1. The van der Waals surface area contributed by atoms with Crippen LogP contribution in [0.3, 0.4) is 0 Å². The molecule has 0 spiro atoms. The molecule has 28 heteroatoms. The summed E-state index contributed by atoms with van der Waals surface area (Å²) >= 11 is 0. The van der Waals surface area contributed by atoms with Gasteiger partial charge in [-0.15, -0.1) is 0 Å². The molecule has 5 fully saturated rings. The van der Waals surface area contributed by atoms with Crippen LogP contribution in [-0.4, -0.2) is 277 Å². The molecule has 0 radical (unpaired) electrons. The SMILES string of the molecule is CC(=O)NC1C(O[C@@H]2OC(CO)[C@H](O)C(O)C2O)[C@@H](O)C(CO)O[C@H]1OC1C(O)[C@@H](O[C@H]2C(CO)O[C@@H](OCC3(COc4ccccc4)CC(O)C(O)[C@H](OCCCCCN)O3)C(O)C2O)OC(CO)[C@@H]1O. The van der Waals surface area contributed by atoms with Gasteiger partial charge in [0.1, 0.15) is 122 Å². The summed E-state index contributed by atoms with van der Waals surface area (Å²) in [7, 11) is 0. The van der Waals surface area contributed by atoms with Crippen LogP contribution in [0.5, 0.6) is 5.75 Å². The van der Waals surface area contributed by atoms with Crippen molar-refractivity contribution in [3.63, 3.8) is 0 Å². The van der Waals surface area contributed by atoms with Crippen molar-refractivity contribution in [3.05, 3.63) is 30.3 Å². The van der Waals surface area contributed by atoms with E-state index in [1.807, 2.05) is 0 Å². The highest BCUT2D eigenvalue weighted by Gasteiger charge is 2.57. The van der Waals surface area contributed by atoms with Gasteiger partial charge >= 0.3 is 0 Å². The summed E-state index contributed by atoms with van der Waals surface area (Å²) in [5.74, 6) is -0.377. The number of carbonyl (C=O) groups excluding carboxylic acids is 1. The van der Waals surface area contributed by atoms with Gasteiger partial charge in [0.15, 0.2) is 31.5 Å². The number of carbonyl (C=O) groups is 1. The van der Waals surface area contributed by atoms with Gasteiger partial charge in [-0.1, -0.05) is 18.2 Å². The average molecular weight is 1050 g/mol. The second kappa shape index (κ2) is 27.0. The van der Waals surface area contributed by atoms with E-state index in [0.29, 0.717) is 18.7 Å². The van der Waals surface area contributed by atoms with Crippen LogP contribution < -0.4 is 15.8 Å². The molecule has 0 saturated carbocycles. The molecule has 0 aliphatic carbocycles.